The van der Waals surface area contributed by atoms with Gasteiger partial charge in [0.2, 0.25) is 5.91 Å². The van der Waals surface area contributed by atoms with Crippen molar-refractivity contribution in [2.24, 2.45) is 0 Å². The SMILES string of the molecule is O=C(CCc1ccc(Cl)s1)NCc1n[nH]c(=O)[nH]1. The number of aryl methyl sites for hydroxylation is 1. The topological polar surface area (TPSA) is 90.6 Å². The number of thiophene rings is 1. The van der Waals surface area contributed by atoms with Crippen molar-refractivity contribution in [1.82, 2.24) is 20.5 Å². The van der Waals surface area contributed by atoms with E-state index in [2.05, 4.69) is 20.5 Å². The second kappa shape index (κ2) is 5.83. The van der Waals surface area contributed by atoms with Crippen LogP contribution in [0.2, 0.25) is 4.34 Å². The molecule has 0 fully saturated rings. The van der Waals surface area contributed by atoms with Crippen molar-refractivity contribution in [2.75, 3.05) is 0 Å². The molecule has 2 aromatic rings. The summed E-state index contributed by atoms with van der Waals surface area (Å²) >= 11 is 7.26. The van der Waals surface area contributed by atoms with Gasteiger partial charge in [-0.3, -0.25) is 9.78 Å². The maximum Gasteiger partial charge on any atom is 0.340 e. The van der Waals surface area contributed by atoms with E-state index in [0.29, 0.717) is 18.7 Å². The number of nitrogens with zero attached hydrogens (tertiary/aromatic N) is 1. The summed E-state index contributed by atoms with van der Waals surface area (Å²) in [7, 11) is 0. The molecule has 0 aromatic carbocycles. The van der Waals surface area contributed by atoms with Crippen LogP contribution in [0.1, 0.15) is 17.1 Å². The third-order valence-electron chi connectivity index (χ3n) is 2.23. The van der Waals surface area contributed by atoms with E-state index >= 15 is 0 Å². The molecule has 1 amide bonds. The molecule has 0 unspecified atom stereocenters. The Bertz CT molecular complexity index is 588. The van der Waals surface area contributed by atoms with E-state index < -0.39 is 0 Å². The van der Waals surface area contributed by atoms with E-state index in [1.54, 1.807) is 0 Å². The molecular weight excluding hydrogens is 276 g/mol. The summed E-state index contributed by atoms with van der Waals surface area (Å²) < 4.78 is 0.722. The summed E-state index contributed by atoms with van der Waals surface area (Å²) in [6.45, 7) is 0.211. The van der Waals surface area contributed by atoms with Crippen LogP contribution in [0.25, 0.3) is 0 Å². The molecule has 0 radical (unpaired) electrons. The van der Waals surface area contributed by atoms with Crippen molar-refractivity contribution in [3.05, 3.63) is 37.7 Å². The number of aromatic amines is 2. The van der Waals surface area contributed by atoms with E-state index in [0.717, 1.165) is 9.21 Å². The van der Waals surface area contributed by atoms with Gasteiger partial charge in [0.1, 0.15) is 5.82 Å². The molecule has 2 rings (SSSR count). The molecule has 3 N–H and O–H groups in total. The Morgan fingerprint density at radius 3 is 2.94 bits per heavy atom. The Hall–Kier alpha value is -1.60. The number of nitrogens with one attached hydrogen (secondary N) is 3. The number of amides is 1. The number of hydrogen-bond donors (Lipinski definition) is 3. The molecule has 0 atom stereocenters. The summed E-state index contributed by atoms with van der Waals surface area (Å²) in [5, 5.41) is 8.58. The number of carbonyl (C=O) groups excluding carboxylic acids is 1. The van der Waals surface area contributed by atoms with Crippen molar-refractivity contribution in [3.63, 3.8) is 0 Å². The molecule has 18 heavy (non-hydrogen) atoms. The highest BCUT2D eigenvalue weighted by atomic mass is 35.5. The number of rotatable bonds is 5. The lowest BCUT2D eigenvalue weighted by Gasteiger charge is -2.01. The zero-order chi connectivity index (χ0) is 13.0. The van der Waals surface area contributed by atoms with Crippen LogP contribution in [0.4, 0.5) is 0 Å². The van der Waals surface area contributed by atoms with Crippen LogP contribution in [0.3, 0.4) is 0 Å². The van der Waals surface area contributed by atoms with Gasteiger partial charge < -0.3 is 5.32 Å². The van der Waals surface area contributed by atoms with Crippen molar-refractivity contribution in [3.8, 4) is 0 Å². The lowest BCUT2D eigenvalue weighted by molar-refractivity contribution is -0.121. The maximum absolute atomic E-state index is 11.5. The van der Waals surface area contributed by atoms with E-state index in [-0.39, 0.29) is 18.1 Å². The quantitative estimate of drug-likeness (QED) is 0.768. The highest BCUT2D eigenvalue weighted by Crippen LogP contribution is 2.22. The zero-order valence-corrected chi connectivity index (χ0v) is 10.9. The Morgan fingerprint density at radius 1 is 1.50 bits per heavy atom. The fourth-order valence-electron chi connectivity index (χ4n) is 1.38. The summed E-state index contributed by atoms with van der Waals surface area (Å²) in [5.74, 6) is 0.316. The molecule has 0 aliphatic carbocycles. The zero-order valence-electron chi connectivity index (χ0n) is 9.33. The standard InChI is InChI=1S/C10H11ClN4O2S/c11-7-3-1-6(18-7)2-4-9(16)12-5-8-13-10(17)15-14-8/h1,3H,2,4-5H2,(H,12,16)(H2,13,14,15,17). The van der Waals surface area contributed by atoms with Crippen molar-refractivity contribution in [2.45, 2.75) is 19.4 Å². The largest absolute Gasteiger partial charge is 0.349 e. The number of carbonyl (C=O) groups is 1. The molecule has 2 aromatic heterocycles. The minimum atomic E-state index is -0.382. The van der Waals surface area contributed by atoms with Gasteiger partial charge in [0.05, 0.1) is 10.9 Å². The Morgan fingerprint density at radius 2 is 2.33 bits per heavy atom. The second-order valence-electron chi connectivity index (χ2n) is 3.61. The van der Waals surface area contributed by atoms with Gasteiger partial charge in [-0.2, -0.15) is 5.10 Å². The van der Waals surface area contributed by atoms with Crippen LogP contribution < -0.4 is 11.0 Å². The summed E-state index contributed by atoms with van der Waals surface area (Å²) in [6, 6.07) is 3.72. The van der Waals surface area contributed by atoms with Crippen LogP contribution in [0.5, 0.6) is 0 Å². The third-order valence-corrected chi connectivity index (χ3v) is 3.52. The van der Waals surface area contributed by atoms with E-state index in [1.807, 2.05) is 12.1 Å². The minimum absolute atomic E-state index is 0.0941. The third kappa shape index (κ3) is 3.71. The average molecular weight is 287 g/mol. The fourth-order valence-corrected chi connectivity index (χ4v) is 2.47. The molecule has 0 bridgehead atoms. The first-order valence-corrected chi connectivity index (χ1v) is 6.47. The molecule has 0 aliphatic rings. The maximum atomic E-state index is 11.5. The van der Waals surface area contributed by atoms with Gasteiger partial charge >= 0.3 is 5.69 Å². The molecule has 96 valence electrons. The molecule has 0 saturated heterocycles. The van der Waals surface area contributed by atoms with Gasteiger partial charge in [-0.05, 0) is 18.6 Å². The van der Waals surface area contributed by atoms with Gasteiger partial charge in [0.15, 0.2) is 0 Å². The van der Waals surface area contributed by atoms with Crippen molar-refractivity contribution >= 4 is 28.8 Å². The Balaban J connectivity index is 1.74. The van der Waals surface area contributed by atoms with E-state index in [1.165, 1.54) is 11.3 Å². The first-order chi connectivity index (χ1) is 8.63. The summed E-state index contributed by atoms with van der Waals surface area (Å²) in [5.41, 5.74) is -0.382. The monoisotopic (exact) mass is 286 g/mol. The van der Waals surface area contributed by atoms with Crippen LogP contribution >= 0.6 is 22.9 Å². The van der Waals surface area contributed by atoms with Gasteiger partial charge in [-0.25, -0.2) is 9.89 Å². The molecular formula is C10H11ClN4O2S. The fraction of sp³-hybridized carbons (Fsp3) is 0.300. The predicted molar refractivity (Wildman–Crippen MR) is 68.7 cm³/mol. The van der Waals surface area contributed by atoms with Crippen molar-refractivity contribution in [1.29, 1.82) is 0 Å². The number of halogens is 1. The normalized spacial score (nSPS) is 10.5. The van der Waals surface area contributed by atoms with E-state index in [4.69, 9.17) is 11.6 Å². The Labute approximate surface area is 111 Å². The molecule has 0 saturated carbocycles. The highest BCUT2D eigenvalue weighted by molar-refractivity contribution is 7.16. The lowest BCUT2D eigenvalue weighted by Crippen LogP contribution is -2.23. The van der Waals surface area contributed by atoms with Crippen molar-refractivity contribution < 1.29 is 4.79 Å². The van der Waals surface area contributed by atoms with Gasteiger partial charge in [-0.1, -0.05) is 11.6 Å². The molecule has 6 nitrogen and oxygen atoms in total. The smallest absolute Gasteiger partial charge is 0.340 e. The van der Waals surface area contributed by atoms with Gasteiger partial charge in [0.25, 0.3) is 0 Å². The molecule has 2 heterocycles. The second-order valence-corrected chi connectivity index (χ2v) is 5.41. The highest BCUT2D eigenvalue weighted by Gasteiger charge is 2.05. The summed E-state index contributed by atoms with van der Waals surface area (Å²) in [4.78, 5) is 25.8. The molecule has 0 aliphatic heterocycles. The number of hydrogen-bond acceptors (Lipinski definition) is 4. The average Bonchev–Trinajstić information content (AvgIpc) is 2.93. The van der Waals surface area contributed by atoms with Gasteiger partial charge in [-0.15, -0.1) is 11.3 Å². The predicted octanol–water partition coefficient (Wildman–Crippen LogP) is 1.06. The van der Waals surface area contributed by atoms with Crippen LogP contribution in [-0.4, -0.2) is 21.1 Å². The Kier molecular flexibility index (Phi) is 4.16. The van der Waals surface area contributed by atoms with Crippen LogP contribution in [-0.2, 0) is 17.8 Å². The number of aromatic nitrogens is 3. The molecule has 0 spiro atoms. The molecule has 8 heteroatoms. The first kappa shape index (κ1) is 12.8. The summed E-state index contributed by atoms with van der Waals surface area (Å²) in [6.07, 6.45) is 1.03. The van der Waals surface area contributed by atoms with Gasteiger partial charge in [0, 0.05) is 11.3 Å². The van der Waals surface area contributed by atoms with Crippen LogP contribution in [0.15, 0.2) is 16.9 Å². The lowest BCUT2D eigenvalue weighted by atomic mass is 10.2. The first-order valence-electron chi connectivity index (χ1n) is 5.28. The minimum Gasteiger partial charge on any atom is -0.349 e. The van der Waals surface area contributed by atoms with E-state index in [9.17, 15) is 9.59 Å². The number of H-pyrrole nitrogens is 2. The van der Waals surface area contributed by atoms with Crippen LogP contribution in [0, 0.1) is 0 Å².